The van der Waals surface area contributed by atoms with Crippen LogP contribution in [0.1, 0.15) is 49.7 Å². The molecule has 1 heterocycles. The highest BCUT2D eigenvalue weighted by Crippen LogP contribution is 2.65. The fraction of sp³-hybridized carbons (Fsp3) is 0.478. The summed E-state index contributed by atoms with van der Waals surface area (Å²) >= 11 is 0. The highest BCUT2D eigenvalue weighted by Gasteiger charge is 2.60. The summed E-state index contributed by atoms with van der Waals surface area (Å²) in [7, 11) is 0. The van der Waals surface area contributed by atoms with Crippen molar-refractivity contribution in [3.8, 4) is 0 Å². The highest BCUT2D eigenvalue weighted by atomic mass is 16.2. The van der Waals surface area contributed by atoms with Gasteiger partial charge in [0.1, 0.15) is 0 Å². The number of amides is 1. The molecule has 0 saturated heterocycles. The Morgan fingerprint density at radius 2 is 1.81 bits per heavy atom. The molecular weight excluding hydrogens is 320 g/mol. The van der Waals surface area contributed by atoms with Gasteiger partial charge in [0.25, 0.3) is 0 Å². The van der Waals surface area contributed by atoms with E-state index in [0.29, 0.717) is 18.4 Å². The first-order chi connectivity index (χ1) is 12.7. The standard InChI is InChI=1S/C23H26N2O/c26-21(25-15-17-5-4-8-24-14-17)23-12-18-9-19(13-23)11-22(10-18,16-23)20-6-2-1-3-7-20/h1-8,14,18-19H,9-13,15-16H2,(H,25,26)/t18-,19+,22?,23?. The predicted octanol–water partition coefficient (Wildman–Crippen LogP) is 4.24. The van der Waals surface area contributed by atoms with E-state index in [9.17, 15) is 4.79 Å². The largest absolute Gasteiger partial charge is 0.351 e. The minimum atomic E-state index is -0.165. The third-order valence-corrected chi connectivity index (χ3v) is 7.10. The maximum atomic E-state index is 13.3. The normalized spacial score (nSPS) is 34.6. The van der Waals surface area contributed by atoms with E-state index in [1.165, 1.54) is 24.8 Å². The second kappa shape index (κ2) is 5.94. The van der Waals surface area contributed by atoms with E-state index >= 15 is 0 Å². The smallest absolute Gasteiger partial charge is 0.226 e. The van der Waals surface area contributed by atoms with Crippen LogP contribution in [-0.2, 0) is 16.8 Å². The summed E-state index contributed by atoms with van der Waals surface area (Å²) < 4.78 is 0. The van der Waals surface area contributed by atoms with Crippen LogP contribution < -0.4 is 5.32 Å². The summed E-state index contributed by atoms with van der Waals surface area (Å²) in [6, 6.07) is 14.9. The number of hydrogen-bond acceptors (Lipinski definition) is 2. The van der Waals surface area contributed by atoms with Gasteiger partial charge in [-0.1, -0.05) is 36.4 Å². The van der Waals surface area contributed by atoms with Crippen molar-refractivity contribution in [3.63, 3.8) is 0 Å². The van der Waals surface area contributed by atoms with Gasteiger partial charge >= 0.3 is 0 Å². The number of carbonyl (C=O) groups is 1. The molecule has 0 spiro atoms. The maximum absolute atomic E-state index is 13.3. The Balaban J connectivity index is 1.41. The molecule has 0 aliphatic heterocycles. The molecule has 4 aliphatic carbocycles. The first-order valence-corrected chi connectivity index (χ1v) is 9.90. The van der Waals surface area contributed by atoms with E-state index < -0.39 is 0 Å². The lowest BCUT2D eigenvalue weighted by Gasteiger charge is -2.61. The van der Waals surface area contributed by atoms with E-state index in [2.05, 4.69) is 40.6 Å². The van der Waals surface area contributed by atoms with Crippen LogP contribution in [0, 0.1) is 17.3 Å². The van der Waals surface area contributed by atoms with Gasteiger partial charge in [-0.3, -0.25) is 9.78 Å². The van der Waals surface area contributed by atoms with Gasteiger partial charge in [0, 0.05) is 18.9 Å². The Hall–Kier alpha value is -2.16. The molecule has 134 valence electrons. The van der Waals surface area contributed by atoms with Gasteiger partial charge in [-0.25, -0.2) is 0 Å². The van der Waals surface area contributed by atoms with E-state index in [1.807, 2.05) is 18.3 Å². The second-order valence-corrected chi connectivity index (χ2v) is 8.93. The van der Waals surface area contributed by atoms with Crippen molar-refractivity contribution in [2.45, 2.75) is 50.5 Å². The molecule has 2 aromatic rings. The summed E-state index contributed by atoms with van der Waals surface area (Å²) in [6.45, 7) is 0.585. The SMILES string of the molecule is O=C(NCc1cccnc1)C12C[C@H]3C[C@@H](C1)CC(c1ccccc1)(C3)C2. The van der Waals surface area contributed by atoms with Crippen LogP contribution in [0.4, 0.5) is 0 Å². The first kappa shape index (κ1) is 16.0. The van der Waals surface area contributed by atoms with Gasteiger partial charge in [-0.05, 0) is 73.0 Å². The molecule has 1 aromatic heterocycles. The van der Waals surface area contributed by atoms with Crippen molar-refractivity contribution in [1.29, 1.82) is 0 Å². The third kappa shape index (κ3) is 2.56. The van der Waals surface area contributed by atoms with Crippen LogP contribution in [0.3, 0.4) is 0 Å². The molecule has 0 radical (unpaired) electrons. The summed E-state index contributed by atoms with van der Waals surface area (Å²) in [6.07, 6.45) is 10.7. The lowest BCUT2D eigenvalue weighted by molar-refractivity contribution is -0.149. The van der Waals surface area contributed by atoms with Gasteiger partial charge in [0.05, 0.1) is 5.41 Å². The molecule has 1 aromatic carbocycles. The van der Waals surface area contributed by atoms with Crippen LogP contribution in [0.15, 0.2) is 54.9 Å². The fourth-order valence-corrected chi connectivity index (χ4v) is 6.53. The Bertz CT molecular complexity index is 787. The molecular formula is C23H26N2O. The van der Waals surface area contributed by atoms with Gasteiger partial charge < -0.3 is 5.32 Å². The van der Waals surface area contributed by atoms with Gasteiger partial charge in [-0.2, -0.15) is 0 Å². The van der Waals surface area contributed by atoms with Crippen molar-refractivity contribution < 1.29 is 4.79 Å². The molecule has 6 rings (SSSR count). The molecule has 3 nitrogen and oxygen atoms in total. The van der Waals surface area contributed by atoms with Crippen molar-refractivity contribution in [3.05, 3.63) is 66.0 Å². The molecule has 3 heteroatoms. The van der Waals surface area contributed by atoms with Crippen LogP contribution >= 0.6 is 0 Å². The molecule has 1 N–H and O–H groups in total. The number of rotatable bonds is 4. The summed E-state index contributed by atoms with van der Waals surface area (Å²) in [4.78, 5) is 17.5. The molecule has 1 amide bonds. The van der Waals surface area contributed by atoms with Gasteiger partial charge in [0.2, 0.25) is 5.91 Å². The van der Waals surface area contributed by atoms with Crippen LogP contribution in [-0.4, -0.2) is 10.9 Å². The number of hydrogen-bond donors (Lipinski definition) is 1. The van der Waals surface area contributed by atoms with E-state index in [4.69, 9.17) is 0 Å². The van der Waals surface area contributed by atoms with Crippen LogP contribution in [0.25, 0.3) is 0 Å². The Morgan fingerprint density at radius 3 is 2.50 bits per heavy atom. The number of aromatic nitrogens is 1. The number of nitrogens with one attached hydrogen (secondary N) is 1. The molecule has 4 saturated carbocycles. The van der Waals surface area contributed by atoms with Crippen LogP contribution in [0.5, 0.6) is 0 Å². The average Bonchev–Trinajstić information content (AvgIpc) is 2.66. The molecule has 4 fully saturated rings. The second-order valence-electron chi connectivity index (χ2n) is 8.93. The molecule has 4 bridgehead atoms. The van der Waals surface area contributed by atoms with E-state index in [0.717, 1.165) is 24.8 Å². The van der Waals surface area contributed by atoms with Crippen molar-refractivity contribution in [2.24, 2.45) is 17.3 Å². The van der Waals surface area contributed by atoms with Crippen LogP contribution in [0.2, 0.25) is 0 Å². The molecule has 4 aliphatic rings. The van der Waals surface area contributed by atoms with Crippen molar-refractivity contribution >= 4 is 5.91 Å². The monoisotopic (exact) mass is 346 g/mol. The van der Waals surface area contributed by atoms with Crippen molar-refractivity contribution in [2.75, 3.05) is 0 Å². The fourth-order valence-electron chi connectivity index (χ4n) is 6.53. The first-order valence-electron chi connectivity index (χ1n) is 9.90. The molecule has 4 atom stereocenters. The lowest BCUT2D eigenvalue weighted by atomic mass is 9.42. The Kier molecular flexibility index (Phi) is 3.66. The predicted molar refractivity (Wildman–Crippen MR) is 101 cm³/mol. The summed E-state index contributed by atoms with van der Waals surface area (Å²) in [5, 5.41) is 3.25. The van der Waals surface area contributed by atoms with E-state index in [1.54, 1.807) is 6.20 Å². The Morgan fingerprint density at radius 1 is 1.04 bits per heavy atom. The number of carbonyl (C=O) groups excluding carboxylic acids is 1. The number of pyridine rings is 1. The summed E-state index contributed by atoms with van der Waals surface area (Å²) in [5.74, 6) is 1.69. The van der Waals surface area contributed by atoms with Gasteiger partial charge in [-0.15, -0.1) is 0 Å². The highest BCUT2D eigenvalue weighted by molar-refractivity contribution is 5.83. The third-order valence-electron chi connectivity index (χ3n) is 7.10. The zero-order valence-corrected chi connectivity index (χ0v) is 15.2. The lowest BCUT2D eigenvalue weighted by Crippen LogP contribution is -2.59. The Labute approximate surface area is 155 Å². The minimum absolute atomic E-state index is 0.165. The van der Waals surface area contributed by atoms with E-state index in [-0.39, 0.29) is 16.7 Å². The number of nitrogens with zero attached hydrogens (tertiary/aromatic N) is 1. The quantitative estimate of drug-likeness (QED) is 0.900. The zero-order chi connectivity index (χ0) is 17.6. The molecule has 26 heavy (non-hydrogen) atoms. The summed E-state index contributed by atoms with van der Waals surface area (Å²) in [5.41, 5.74) is 2.58. The van der Waals surface area contributed by atoms with Crippen molar-refractivity contribution in [1.82, 2.24) is 10.3 Å². The average molecular weight is 346 g/mol. The number of benzene rings is 1. The van der Waals surface area contributed by atoms with Gasteiger partial charge in [0.15, 0.2) is 0 Å². The molecule has 2 unspecified atom stereocenters. The minimum Gasteiger partial charge on any atom is -0.351 e. The topological polar surface area (TPSA) is 42.0 Å². The maximum Gasteiger partial charge on any atom is 0.226 e. The zero-order valence-electron chi connectivity index (χ0n) is 15.2.